The molecule has 0 saturated carbocycles. The summed E-state index contributed by atoms with van der Waals surface area (Å²) in [5.41, 5.74) is 2.96. The first-order chi connectivity index (χ1) is 13.1. The van der Waals surface area contributed by atoms with E-state index in [1.807, 2.05) is 60.0 Å². The molecule has 0 atom stereocenters. The molecular weight excluding hydrogens is 380 g/mol. The van der Waals surface area contributed by atoms with Gasteiger partial charge >= 0.3 is 0 Å². The van der Waals surface area contributed by atoms with Crippen molar-refractivity contribution >= 4 is 29.3 Å². The van der Waals surface area contributed by atoms with E-state index in [2.05, 4.69) is 22.1 Å². The first-order valence-corrected chi connectivity index (χ1v) is 9.74. The first kappa shape index (κ1) is 19.2. The molecule has 1 aromatic heterocycles. The summed E-state index contributed by atoms with van der Waals surface area (Å²) in [4.78, 5) is 12.0. The number of nitrogens with one attached hydrogen (secondary N) is 1. The van der Waals surface area contributed by atoms with E-state index in [1.165, 1.54) is 11.8 Å². The summed E-state index contributed by atoms with van der Waals surface area (Å²) < 4.78 is 1.98. The average molecular weight is 399 g/mol. The number of aryl methyl sites for hydroxylation is 1. The molecule has 0 unspecified atom stereocenters. The van der Waals surface area contributed by atoms with Crippen LogP contribution in [0.3, 0.4) is 0 Å². The Morgan fingerprint density at radius 1 is 1.22 bits per heavy atom. The highest BCUT2D eigenvalue weighted by molar-refractivity contribution is 7.99. The first-order valence-electron chi connectivity index (χ1n) is 8.38. The van der Waals surface area contributed by atoms with Gasteiger partial charge in [0.15, 0.2) is 11.0 Å². The molecule has 2 aromatic carbocycles. The van der Waals surface area contributed by atoms with Gasteiger partial charge in [0, 0.05) is 17.1 Å². The Balaban J connectivity index is 1.99. The maximum Gasteiger partial charge on any atom is 0.230 e. The number of thioether (sulfide) groups is 1. The van der Waals surface area contributed by atoms with Gasteiger partial charge in [0.25, 0.3) is 0 Å². The highest BCUT2D eigenvalue weighted by atomic mass is 35.5. The fourth-order valence-corrected chi connectivity index (χ4v) is 3.45. The van der Waals surface area contributed by atoms with E-state index in [1.54, 1.807) is 6.08 Å². The van der Waals surface area contributed by atoms with Crippen molar-refractivity contribution in [3.63, 3.8) is 0 Å². The number of hydrogen-bond donors (Lipinski definition) is 1. The molecule has 3 rings (SSSR count). The number of halogens is 1. The Kier molecular flexibility index (Phi) is 6.32. The van der Waals surface area contributed by atoms with E-state index in [0.29, 0.717) is 22.5 Å². The molecule has 0 aliphatic carbocycles. The molecule has 3 aromatic rings. The highest BCUT2D eigenvalue weighted by Crippen LogP contribution is 2.29. The Morgan fingerprint density at radius 2 is 1.96 bits per heavy atom. The summed E-state index contributed by atoms with van der Waals surface area (Å²) >= 11 is 7.36. The maximum absolute atomic E-state index is 12.0. The molecule has 1 amide bonds. The molecule has 7 heteroatoms. The summed E-state index contributed by atoms with van der Waals surface area (Å²) in [6.45, 7) is 6.08. The van der Waals surface area contributed by atoms with Crippen LogP contribution in [0.1, 0.15) is 5.56 Å². The molecule has 27 heavy (non-hydrogen) atoms. The molecule has 0 fully saturated rings. The fourth-order valence-electron chi connectivity index (χ4n) is 2.55. The molecule has 1 heterocycles. The van der Waals surface area contributed by atoms with Crippen molar-refractivity contribution in [2.75, 3.05) is 12.3 Å². The third-order valence-corrected chi connectivity index (χ3v) is 5.05. The van der Waals surface area contributed by atoms with Crippen LogP contribution < -0.4 is 5.32 Å². The minimum absolute atomic E-state index is 0.0766. The minimum Gasteiger partial charge on any atom is -0.352 e. The van der Waals surface area contributed by atoms with Crippen molar-refractivity contribution in [3.8, 4) is 17.1 Å². The highest BCUT2D eigenvalue weighted by Gasteiger charge is 2.18. The van der Waals surface area contributed by atoms with Crippen LogP contribution in [0.5, 0.6) is 0 Å². The monoisotopic (exact) mass is 398 g/mol. The van der Waals surface area contributed by atoms with E-state index in [4.69, 9.17) is 11.6 Å². The normalized spacial score (nSPS) is 10.6. The summed E-state index contributed by atoms with van der Waals surface area (Å²) in [5.74, 6) is 0.876. The predicted molar refractivity (Wildman–Crippen MR) is 110 cm³/mol. The molecule has 5 nitrogen and oxygen atoms in total. The van der Waals surface area contributed by atoms with E-state index in [0.717, 1.165) is 16.8 Å². The standard InChI is InChI=1S/C20H19ClN4OS/c1-3-12-22-18(26)13-27-20-24-23-19(15-8-10-16(21)11-9-15)25(20)17-7-5-4-6-14(17)2/h3-11H,1,12-13H2,2H3,(H,22,26). The van der Waals surface area contributed by atoms with Gasteiger partial charge in [-0.2, -0.15) is 0 Å². The SMILES string of the molecule is C=CCNC(=O)CSc1nnc(-c2ccc(Cl)cc2)n1-c1ccccc1C. The summed E-state index contributed by atoms with van der Waals surface area (Å²) in [6.07, 6.45) is 1.65. The average Bonchev–Trinajstić information content (AvgIpc) is 3.09. The number of amides is 1. The molecule has 0 saturated heterocycles. The van der Waals surface area contributed by atoms with E-state index in [9.17, 15) is 4.79 Å². The largest absolute Gasteiger partial charge is 0.352 e. The van der Waals surface area contributed by atoms with Gasteiger partial charge in [-0.3, -0.25) is 9.36 Å². The van der Waals surface area contributed by atoms with Crippen LogP contribution in [0.4, 0.5) is 0 Å². The third-order valence-electron chi connectivity index (χ3n) is 3.87. The number of aromatic nitrogens is 3. The zero-order valence-electron chi connectivity index (χ0n) is 14.9. The van der Waals surface area contributed by atoms with Gasteiger partial charge in [0.1, 0.15) is 0 Å². The molecule has 0 aliphatic heterocycles. The predicted octanol–water partition coefficient (Wildman–Crippen LogP) is 4.29. The van der Waals surface area contributed by atoms with Gasteiger partial charge in [-0.05, 0) is 42.8 Å². The second-order valence-corrected chi connectivity index (χ2v) is 7.20. The molecular formula is C20H19ClN4OS. The second kappa shape index (κ2) is 8.88. The van der Waals surface area contributed by atoms with Crippen LogP contribution in [0.25, 0.3) is 17.1 Å². The number of para-hydroxylation sites is 1. The summed E-state index contributed by atoms with van der Waals surface area (Å²) in [5, 5.41) is 12.8. The summed E-state index contributed by atoms with van der Waals surface area (Å²) in [7, 11) is 0. The van der Waals surface area contributed by atoms with E-state index in [-0.39, 0.29) is 11.7 Å². The topological polar surface area (TPSA) is 59.8 Å². The van der Waals surface area contributed by atoms with Gasteiger partial charge in [-0.25, -0.2) is 0 Å². The van der Waals surface area contributed by atoms with Crippen LogP contribution >= 0.6 is 23.4 Å². The Labute approximate surface area is 167 Å². The number of benzene rings is 2. The van der Waals surface area contributed by atoms with Gasteiger partial charge in [-0.1, -0.05) is 47.6 Å². The smallest absolute Gasteiger partial charge is 0.230 e. The van der Waals surface area contributed by atoms with Gasteiger partial charge in [-0.15, -0.1) is 16.8 Å². The Morgan fingerprint density at radius 3 is 2.67 bits per heavy atom. The summed E-state index contributed by atoms with van der Waals surface area (Å²) in [6, 6.07) is 15.5. The van der Waals surface area contributed by atoms with Crippen molar-refractivity contribution in [2.24, 2.45) is 0 Å². The zero-order chi connectivity index (χ0) is 19.2. The van der Waals surface area contributed by atoms with Crippen LogP contribution in [-0.4, -0.2) is 33.0 Å². The number of nitrogens with zero attached hydrogens (tertiary/aromatic N) is 3. The lowest BCUT2D eigenvalue weighted by Crippen LogP contribution is -2.25. The Bertz CT molecular complexity index is 953. The number of carbonyl (C=O) groups is 1. The lowest BCUT2D eigenvalue weighted by molar-refractivity contribution is -0.118. The lowest BCUT2D eigenvalue weighted by atomic mass is 10.1. The lowest BCUT2D eigenvalue weighted by Gasteiger charge is -2.13. The van der Waals surface area contributed by atoms with Crippen molar-refractivity contribution in [2.45, 2.75) is 12.1 Å². The van der Waals surface area contributed by atoms with E-state index < -0.39 is 0 Å². The molecule has 0 radical (unpaired) electrons. The number of carbonyl (C=O) groups excluding carboxylic acids is 1. The van der Waals surface area contributed by atoms with Gasteiger partial charge in [0.05, 0.1) is 11.4 Å². The molecule has 0 bridgehead atoms. The van der Waals surface area contributed by atoms with Gasteiger partial charge < -0.3 is 5.32 Å². The van der Waals surface area contributed by atoms with Crippen molar-refractivity contribution < 1.29 is 4.79 Å². The Hall–Kier alpha value is -2.57. The number of rotatable bonds is 7. The van der Waals surface area contributed by atoms with Crippen LogP contribution in [-0.2, 0) is 4.79 Å². The molecule has 0 aliphatic rings. The van der Waals surface area contributed by atoms with Crippen molar-refractivity contribution in [3.05, 3.63) is 71.8 Å². The third kappa shape index (κ3) is 4.59. The maximum atomic E-state index is 12.0. The molecule has 1 N–H and O–H groups in total. The van der Waals surface area contributed by atoms with Crippen molar-refractivity contribution in [1.29, 1.82) is 0 Å². The second-order valence-electron chi connectivity index (χ2n) is 5.82. The zero-order valence-corrected chi connectivity index (χ0v) is 16.4. The quantitative estimate of drug-likeness (QED) is 0.476. The van der Waals surface area contributed by atoms with Crippen LogP contribution in [0.2, 0.25) is 5.02 Å². The fraction of sp³-hybridized carbons (Fsp3) is 0.150. The van der Waals surface area contributed by atoms with Crippen LogP contribution in [0.15, 0.2) is 66.3 Å². The minimum atomic E-state index is -0.0766. The number of hydrogen-bond acceptors (Lipinski definition) is 4. The van der Waals surface area contributed by atoms with Gasteiger partial charge in [0.2, 0.25) is 5.91 Å². The van der Waals surface area contributed by atoms with Crippen molar-refractivity contribution in [1.82, 2.24) is 20.1 Å². The van der Waals surface area contributed by atoms with E-state index >= 15 is 0 Å². The van der Waals surface area contributed by atoms with Crippen LogP contribution in [0, 0.1) is 6.92 Å². The molecule has 0 spiro atoms. The molecule has 138 valence electrons.